The van der Waals surface area contributed by atoms with Gasteiger partial charge in [0.25, 0.3) is 0 Å². The molecule has 0 fully saturated rings. The molecule has 18 heavy (non-hydrogen) atoms. The largest absolute Gasteiger partial charge is 0.398 e. The van der Waals surface area contributed by atoms with Crippen molar-refractivity contribution >= 4 is 11.4 Å². The molecule has 0 spiro atoms. The molecule has 3 N–H and O–H groups in total. The molecule has 0 unspecified atom stereocenters. The van der Waals surface area contributed by atoms with Crippen LogP contribution in [0.3, 0.4) is 0 Å². The highest BCUT2D eigenvalue weighted by Gasteiger charge is 2.01. The standard InChI is InChI=1S/C13H15N5/c1-18-12(5-7-17-18)4-6-16-11-3-2-10(9-14)13(15)8-11/h2-3,5,7-8,16H,4,6,15H2,1H3. The van der Waals surface area contributed by atoms with Gasteiger partial charge >= 0.3 is 0 Å². The summed E-state index contributed by atoms with van der Waals surface area (Å²) < 4.78 is 1.86. The van der Waals surface area contributed by atoms with Gasteiger partial charge in [-0.15, -0.1) is 0 Å². The second-order valence-corrected chi connectivity index (χ2v) is 4.04. The number of aryl methyl sites for hydroxylation is 1. The summed E-state index contributed by atoms with van der Waals surface area (Å²) >= 11 is 0. The second kappa shape index (κ2) is 5.23. The average Bonchev–Trinajstić information content (AvgIpc) is 2.75. The van der Waals surface area contributed by atoms with Gasteiger partial charge < -0.3 is 11.1 Å². The third kappa shape index (κ3) is 2.61. The third-order valence-corrected chi connectivity index (χ3v) is 2.80. The quantitative estimate of drug-likeness (QED) is 0.795. The highest BCUT2D eigenvalue weighted by Crippen LogP contribution is 2.17. The molecular formula is C13H15N5. The zero-order chi connectivity index (χ0) is 13.0. The van der Waals surface area contributed by atoms with Gasteiger partial charge in [-0.3, -0.25) is 4.68 Å². The molecule has 1 heterocycles. The van der Waals surface area contributed by atoms with Gasteiger partial charge in [-0.25, -0.2) is 0 Å². The van der Waals surface area contributed by atoms with Gasteiger partial charge in [0.1, 0.15) is 6.07 Å². The predicted molar refractivity (Wildman–Crippen MR) is 71.0 cm³/mol. The molecule has 0 aliphatic carbocycles. The monoisotopic (exact) mass is 241 g/mol. The van der Waals surface area contributed by atoms with Gasteiger partial charge in [0.2, 0.25) is 0 Å². The van der Waals surface area contributed by atoms with Crippen molar-refractivity contribution in [3.63, 3.8) is 0 Å². The number of nitriles is 1. The van der Waals surface area contributed by atoms with E-state index in [1.807, 2.05) is 29.9 Å². The van der Waals surface area contributed by atoms with Gasteiger partial charge in [0, 0.05) is 37.6 Å². The van der Waals surface area contributed by atoms with E-state index in [0.29, 0.717) is 11.3 Å². The van der Waals surface area contributed by atoms with Gasteiger partial charge in [0.05, 0.1) is 11.3 Å². The maximum atomic E-state index is 8.78. The van der Waals surface area contributed by atoms with E-state index in [9.17, 15) is 0 Å². The number of nitrogens with zero attached hydrogens (tertiary/aromatic N) is 3. The molecule has 0 aliphatic rings. The number of nitrogens with one attached hydrogen (secondary N) is 1. The molecule has 1 aromatic carbocycles. The average molecular weight is 241 g/mol. The number of aromatic nitrogens is 2. The Morgan fingerprint density at radius 1 is 1.44 bits per heavy atom. The van der Waals surface area contributed by atoms with Crippen molar-refractivity contribution in [3.8, 4) is 6.07 Å². The van der Waals surface area contributed by atoms with Crippen LogP contribution in [0.15, 0.2) is 30.5 Å². The zero-order valence-corrected chi connectivity index (χ0v) is 10.2. The number of nitrogens with two attached hydrogens (primary N) is 1. The summed E-state index contributed by atoms with van der Waals surface area (Å²) in [5.74, 6) is 0. The molecular weight excluding hydrogens is 226 g/mol. The number of hydrogen-bond acceptors (Lipinski definition) is 4. The van der Waals surface area contributed by atoms with E-state index in [0.717, 1.165) is 18.7 Å². The molecule has 0 radical (unpaired) electrons. The predicted octanol–water partition coefficient (Wildman–Crippen LogP) is 1.53. The Morgan fingerprint density at radius 3 is 2.89 bits per heavy atom. The number of hydrogen-bond donors (Lipinski definition) is 2. The number of anilines is 2. The van der Waals surface area contributed by atoms with Crippen molar-refractivity contribution in [2.45, 2.75) is 6.42 Å². The van der Waals surface area contributed by atoms with E-state index in [2.05, 4.69) is 10.4 Å². The Balaban J connectivity index is 1.93. The van der Waals surface area contributed by atoms with Crippen molar-refractivity contribution in [1.29, 1.82) is 5.26 Å². The van der Waals surface area contributed by atoms with Crippen LogP contribution < -0.4 is 11.1 Å². The fraction of sp³-hybridized carbons (Fsp3) is 0.231. The lowest BCUT2D eigenvalue weighted by Gasteiger charge is -2.08. The SMILES string of the molecule is Cn1nccc1CCNc1ccc(C#N)c(N)c1. The van der Waals surface area contributed by atoms with E-state index >= 15 is 0 Å². The smallest absolute Gasteiger partial charge is 0.101 e. The molecule has 2 rings (SSSR count). The molecule has 2 aromatic rings. The molecule has 0 saturated heterocycles. The summed E-state index contributed by atoms with van der Waals surface area (Å²) in [6.45, 7) is 0.797. The number of benzene rings is 1. The van der Waals surface area contributed by atoms with E-state index < -0.39 is 0 Å². The van der Waals surface area contributed by atoms with Crippen LogP contribution in [-0.4, -0.2) is 16.3 Å². The van der Waals surface area contributed by atoms with Crippen molar-refractivity contribution in [2.75, 3.05) is 17.6 Å². The molecule has 5 heteroatoms. The Labute approximate surface area is 106 Å². The first-order valence-electron chi connectivity index (χ1n) is 5.71. The second-order valence-electron chi connectivity index (χ2n) is 4.04. The Morgan fingerprint density at radius 2 is 2.28 bits per heavy atom. The summed E-state index contributed by atoms with van der Waals surface area (Å²) in [4.78, 5) is 0. The zero-order valence-electron chi connectivity index (χ0n) is 10.2. The third-order valence-electron chi connectivity index (χ3n) is 2.80. The van der Waals surface area contributed by atoms with Crippen molar-refractivity contribution in [1.82, 2.24) is 9.78 Å². The van der Waals surface area contributed by atoms with E-state index in [-0.39, 0.29) is 0 Å². The first kappa shape index (κ1) is 12.0. The van der Waals surface area contributed by atoms with Crippen LogP contribution in [0.1, 0.15) is 11.3 Å². The molecule has 5 nitrogen and oxygen atoms in total. The van der Waals surface area contributed by atoms with Gasteiger partial charge in [0.15, 0.2) is 0 Å². The summed E-state index contributed by atoms with van der Waals surface area (Å²) in [6.07, 6.45) is 2.67. The van der Waals surface area contributed by atoms with Gasteiger partial charge in [-0.1, -0.05) is 0 Å². The maximum Gasteiger partial charge on any atom is 0.101 e. The van der Waals surface area contributed by atoms with Gasteiger partial charge in [-0.2, -0.15) is 10.4 Å². The van der Waals surface area contributed by atoms with Crippen molar-refractivity contribution < 1.29 is 0 Å². The van der Waals surface area contributed by atoms with Crippen LogP contribution >= 0.6 is 0 Å². The molecule has 0 saturated carbocycles. The van der Waals surface area contributed by atoms with E-state index in [1.165, 1.54) is 5.69 Å². The Bertz CT molecular complexity index is 579. The minimum absolute atomic E-state index is 0.503. The minimum Gasteiger partial charge on any atom is -0.398 e. The van der Waals surface area contributed by atoms with Crippen LogP contribution in [0.4, 0.5) is 11.4 Å². The topological polar surface area (TPSA) is 79.7 Å². The molecule has 1 aromatic heterocycles. The summed E-state index contributed by atoms with van der Waals surface area (Å²) in [6, 6.07) is 9.40. The lowest BCUT2D eigenvalue weighted by atomic mass is 10.2. The maximum absolute atomic E-state index is 8.78. The highest BCUT2D eigenvalue weighted by molar-refractivity contribution is 5.62. The molecule has 92 valence electrons. The van der Waals surface area contributed by atoms with Crippen LogP contribution in [-0.2, 0) is 13.5 Å². The number of nitrogen functional groups attached to an aromatic ring is 1. The highest BCUT2D eigenvalue weighted by atomic mass is 15.3. The van der Waals surface area contributed by atoms with E-state index in [1.54, 1.807) is 18.3 Å². The summed E-state index contributed by atoms with van der Waals surface area (Å²) in [5, 5.41) is 16.2. The minimum atomic E-state index is 0.503. The summed E-state index contributed by atoms with van der Waals surface area (Å²) in [5.41, 5.74) is 8.85. The Hall–Kier alpha value is -2.48. The van der Waals surface area contributed by atoms with Crippen molar-refractivity contribution in [3.05, 3.63) is 41.7 Å². The first-order chi connectivity index (χ1) is 8.70. The normalized spacial score (nSPS) is 10.0. The molecule has 0 aliphatic heterocycles. The van der Waals surface area contributed by atoms with Crippen LogP contribution in [0, 0.1) is 11.3 Å². The Kier molecular flexibility index (Phi) is 3.49. The fourth-order valence-corrected chi connectivity index (χ4v) is 1.76. The van der Waals surface area contributed by atoms with Gasteiger partial charge in [-0.05, 0) is 24.3 Å². The van der Waals surface area contributed by atoms with Crippen LogP contribution in [0.5, 0.6) is 0 Å². The lowest BCUT2D eigenvalue weighted by Crippen LogP contribution is -2.08. The molecule has 0 amide bonds. The van der Waals surface area contributed by atoms with Crippen molar-refractivity contribution in [2.24, 2.45) is 7.05 Å². The van der Waals surface area contributed by atoms with Crippen LogP contribution in [0.25, 0.3) is 0 Å². The fourth-order valence-electron chi connectivity index (χ4n) is 1.76. The first-order valence-corrected chi connectivity index (χ1v) is 5.71. The van der Waals surface area contributed by atoms with Crippen LogP contribution in [0.2, 0.25) is 0 Å². The number of rotatable bonds is 4. The van der Waals surface area contributed by atoms with E-state index in [4.69, 9.17) is 11.0 Å². The molecule has 0 bridgehead atoms. The lowest BCUT2D eigenvalue weighted by molar-refractivity contribution is 0.711. The summed E-state index contributed by atoms with van der Waals surface area (Å²) in [7, 11) is 1.93. The molecule has 0 atom stereocenters.